The lowest BCUT2D eigenvalue weighted by Crippen LogP contribution is -2.50. The molecule has 6 nitrogen and oxygen atoms in total. The zero-order chi connectivity index (χ0) is 19.4. The number of piperidine rings is 1. The van der Waals surface area contributed by atoms with E-state index in [2.05, 4.69) is 40.3 Å². The second-order valence-electron chi connectivity index (χ2n) is 8.32. The van der Waals surface area contributed by atoms with Gasteiger partial charge in [0.2, 0.25) is 0 Å². The van der Waals surface area contributed by atoms with Crippen molar-refractivity contribution < 1.29 is 9.53 Å². The van der Waals surface area contributed by atoms with E-state index in [9.17, 15) is 4.79 Å². The fourth-order valence-corrected chi connectivity index (χ4v) is 5.36. The monoisotopic (exact) mass is 388 g/mol. The van der Waals surface area contributed by atoms with Crippen molar-refractivity contribution in [3.8, 4) is 0 Å². The molecule has 2 unspecified atom stereocenters. The van der Waals surface area contributed by atoms with Crippen LogP contribution in [0.4, 0.5) is 5.69 Å². The van der Waals surface area contributed by atoms with Gasteiger partial charge in [-0.05, 0) is 36.6 Å². The number of hydrogen-bond donors (Lipinski definition) is 0. The van der Waals surface area contributed by atoms with Gasteiger partial charge in [0.05, 0.1) is 23.4 Å². The van der Waals surface area contributed by atoms with Gasteiger partial charge >= 0.3 is 0 Å². The number of carbonyl (C=O) groups is 1. The third-order valence-electron chi connectivity index (χ3n) is 6.83. The molecule has 6 rings (SSSR count). The van der Waals surface area contributed by atoms with Crippen LogP contribution >= 0.6 is 0 Å². The van der Waals surface area contributed by atoms with Crippen molar-refractivity contribution in [3.63, 3.8) is 0 Å². The number of hydrogen-bond acceptors (Lipinski definition) is 4. The number of fused-ring (bicyclic) bond motifs is 2. The number of anilines is 1. The van der Waals surface area contributed by atoms with Gasteiger partial charge in [-0.25, -0.2) is 4.52 Å². The fourth-order valence-electron chi connectivity index (χ4n) is 5.36. The van der Waals surface area contributed by atoms with Gasteiger partial charge in [-0.3, -0.25) is 4.79 Å². The summed E-state index contributed by atoms with van der Waals surface area (Å²) in [5.41, 5.74) is 2.84. The molecule has 0 aliphatic carbocycles. The molecule has 0 N–H and O–H groups in total. The summed E-state index contributed by atoms with van der Waals surface area (Å²) in [6.07, 6.45) is 7.08. The van der Waals surface area contributed by atoms with Crippen LogP contribution in [0.3, 0.4) is 0 Å². The van der Waals surface area contributed by atoms with Crippen molar-refractivity contribution >= 4 is 17.1 Å². The minimum absolute atomic E-state index is 0.0717. The summed E-state index contributed by atoms with van der Waals surface area (Å²) in [6, 6.07) is 16.7. The van der Waals surface area contributed by atoms with Crippen molar-refractivity contribution in [1.29, 1.82) is 0 Å². The molecule has 3 aromatic rings. The highest BCUT2D eigenvalue weighted by Crippen LogP contribution is 2.48. The first-order chi connectivity index (χ1) is 14.3. The van der Waals surface area contributed by atoms with E-state index in [1.54, 1.807) is 0 Å². The molecule has 0 bridgehead atoms. The lowest BCUT2D eigenvalue weighted by molar-refractivity contribution is -0.140. The number of aromatic nitrogens is 2. The second kappa shape index (κ2) is 6.32. The van der Waals surface area contributed by atoms with Crippen LogP contribution in [0.5, 0.6) is 0 Å². The maximum atomic E-state index is 13.5. The highest BCUT2D eigenvalue weighted by atomic mass is 16.6. The number of amides is 1. The maximum Gasteiger partial charge on any atom is 0.257 e. The van der Waals surface area contributed by atoms with E-state index in [0.717, 1.165) is 44.3 Å². The molecule has 1 amide bonds. The summed E-state index contributed by atoms with van der Waals surface area (Å²) < 4.78 is 8.37. The van der Waals surface area contributed by atoms with Crippen molar-refractivity contribution in [2.75, 3.05) is 18.0 Å². The van der Waals surface area contributed by atoms with Crippen molar-refractivity contribution in [2.24, 2.45) is 0 Å². The maximum absolute atomic E-state index is 13.5. The minimum atomic E-state index is -0.653. The molecule has 1 spiro atoms. The first kappa shape index (κ1) is 17.0. The number of benzene rings is 1. The van der Waals surface area contributed by atoms with Crippen LogP contribution < -0.4 is 4.90 Å². The lowest BCUT2D eigenvalue weighted by Gasteiger charge is -2.38. The number of carbonyl (C=O) groups excluding carboxylic acids is 1. The highest BCUT2D eigenvalue weighted by molar-refractivity contribution is 5.88. The normalized spacial score (nSPS) is 25.9. The predicted molar refractivity (Wildman–Crippen MR) is 110 cm³/mol. The van der Waals surface area contributed by atoms with Crippen LogP contribution in [-0.2, 0) is 9.53 Å². The Balaban J connectivity index is 1.23. The molecule has 3 fully saturated rings. The Hall–Kier alpha value is -2.86. The third kappa shape index (κ3) is 2.52. The summed E-state index contributed by atoms with van der Waals surface area (Å²) >= 11 is 0. The predicted octanol–water partition coefficient (Wildman–Crippen LogP) is 3.39. The molecule has 1 aromatic carbocycles. The molecule has 0 radical (unpaired) electrons. The molecule has 6 heteroatoms. The Morgan fingerprint density at radius 2 is 1.83 bits per heavy atom. The van der Waals surface area contributed by atoms with Crippen LogP contribution in [0, 0.1) is 0 Å². The molecule has 5 heterocycles. The summed E-state index contributed by atoms with van der Waals surface area (Å²) in [4.78, 5) is 17.9. The molecule has 148 valence electrons. The van der Waals surface area contributed by atoms with Crippen molar-refractivity contribution in [3.05, 3.63) is 66.5 Å². The van der Waals surface area contributed by atoms with Gasteiger partial charge in [-0.15, -0.1) is 0 Å². The average molecular weight is 388 g/mol. The van der Waals surface area contributed by atoms with Crippen LogP contribution in [-0.4, -0.2) is 45.3 Å². The molecule has 29 heavy (non-hydrogen) atoms. The standard InChI is InChI=1S/C23H24N4O2/c28-22-23(29-21-9-8-18(27(21)22)17-5-2-1-3-6-17)11-15-25(16-12-23)19-7-4-14-26-20(19)10-13-24-26/h1-7,10,13-14,18,21H,8-9,11-12,15-16H2. The molecule has 0 saturated carbocycles. The van der Waals surface area contributed by atoms with E-state index in [1.807, 2.05) is 40.0 Å². The average Bonchev–Trinajstić information content (AvgIpc) is 3.46. The Kier molecular flexibility index (Phi) is 3.71. The zero-order valence-electron chi connectivity index (χ0n) is 16.3. The topological polar surface area (TPSA) is 50.1 Å². The quantitative estimate of drug-likeness (QED) is 0.675. The minimum Gasteiger partial charge on any atom is -0.370 e. The Morgan fingerprint density at radius 1 is 1.00 bits per heavy atom. The van der Waals surface area contributed by atoms with Crippen molar-refractivity contribution in [1.82, 2.24) is 14.5 Å². The Bertz CT molecular complexity index is 1050. The summed E-state index contributed by atoms with van der Waals surface area (Å²) in [7, 11) is 0. The van der Waals surface area contributed by atoms with Gasteiger partial charge in [-0.1, -0.05) is 30.3 Å². The number of nitrogens with zero attached hydrogens (tertiary/aromatic N) is 4. The van der Waals surface area contributed by atoms with E-state index in [0.29, 0.717) is 0 Å². The van der Waals surface area contributed by atoms with E-state index in [4.69, 9.17) is 4.74 Å². The zero-order valence-corrected chi connectivity index (χ0v) is 16.3. The highest BCUT2D eigenvalue weighted by Gasteiger charge is 2.57. The second-order valence-corrected chi connectivity index (χ2v) is 8.32. The van der Waals surface area contributed by atoms with Crippen LogP contribution in [0.1, 0.15) is 37.3 Å². The fraction of sp³-hybridized carbons (Fsp3) is 0.391. The largest absolute Gasteiger partial charge is 0.370 e. The van der Waals surface area contributed by atoms with Gasteiger partial charge in [0, 0.05) is 32.1 Å². The number of rotatable bonds is 2. The molecule has 3 saturated heterocycles. The first-order valence-electron chi connectivity index (χ1n) is 10.5. The SMILES string of the molecule is O=C1N2C(CCC2c2ccccc2)OC12CCN(c1cccn3nccc13)CC2. The van der Waals surface area contributed by atoms with Crippen LogP contribution in [0.25, 0.3) is 5.52 Å². The molecular formula is C23H24N4O2. The molecule has 2 aromatic heterocycles. The van der Waals surface area contributed by atoms with Gasteiger partial charge in [0.25, 0.3) is 5.91 Å². The number of ether oxygens (including phenoxy) is 1. The van der Waals surface area contributed by atoms with Crippen molar-refractivity contribution in [2.45, 2.75) is 43.6 Å². The summed E-state index contributed by atoms with van der Waals surface area (Å²) in [6.45, 7) is 1.63. The molecule has 2 atom stereocenters. The third-order valence-corrected chi connectivity index (χ3v) is 6.83. The number of pyridine rings is 1. The summed E-state index contributed by atoms with van der Waals surface area (Å²) in [5.74, 6) is 0.191. The van der Waals surface area contributed by atoms with E-state index >= 15 is 0 Å². The lowest BCUT2D eigenvalue weighted by atomic mass is 9.89. The smallest absolute Gasteiger partial charge is 0.257 e. The Labute approximate surface area is 169 Å². The van der Waals surface area contributed by atoms with E-state index in [-0.39, 0.29) is 18.2 Å². The molecule has 3 aliphatic rings. The van der Waals surface area contributed by atoms with Gasteiger partial charge in [0.15, 0.2) is 5.60 Å². The molecule has 3 aliphatic heterocycles. The Morgan fingerprint density at radius 3 is 2.66 bits per heavy atom. The first-order valence-corrected chi connectivity index (χ1v) is 10.5. The van der Waals surface area contributed by atoms with Gasteiger partial charge < -0.3 is 14.5 Å². The van der Waals surface area contributed by atoms with Crippen LogP contribution in [0.15, 0.2) is 60.9 Å². The molecular weight excluding hydrogens is 364 g/mol. The van der Waals surface area contributed by atoms with E-state index in [1.165, 1.54) is 11.3 Å². The van der Waals surface area contributed by atoms with E-state index < -0.39 is 5.60 Å². The van der Waals surface area contributed by atoms with Gasteiger partial charge in [0.1, 0.15) is 6.23 Å². The summed E-state index contributed by atoms with van der Waals surface area (Å²) in [5, 5.41) is 4.34. The van der Waals surface area contributed by atoms with Gasteiger partial charge in [-0.2, -0.15) is 5.10 Å². The van der Waals surface area contributed by atoms with Crippen LogP contribution in [0.2, 0.25) is 0 Å².